The highest BCUT2D eigenvalue weighted by Crippen LogP contribution is 2.41. The number of para-hydroxylation sites is 1. The van der Waals surface area contributed by atoms with Gasteiger partial charge in [-0.1, -0.05) is 49.6 Å². The largest absolute Gasteiger partial charge is 0.493 e. The third kappa shape index (κ3) is 7.21. The van der Waals surface area contributed by atoms with Crippen LogP contribution in [0.2, 0.25) is 0 Å². The van der Waals surface area contributed by atoms with E-state index in [1.54, 1.807) is 30.3 Å². The summed E-state index contributed by atoms with van der Waals surface area (Å²) < 4.78 is 74.3. The van der Waals surface area contributed by atoms with Gasteiger partial charge in [0, 0.05) is 23.7 Å². The first-order chi connectivity index (χ1) is 22.1. The number of alkyl halides is 2. The van der Waals surface area contributed by atoms with Crippen LogP contribution in [-0.2, 0) is 20.7 Å². The number of fused-ring (bicyclic) bond motifs is 2. The Bertz CT molecular complexity index is 1590. The highest BCUT2D eigenvalue weighted by Gasteiger charge is 2.53. The number of halogens is 2. The molecule has 3 aliphatic rings. The first-order valence-corrected chi connectivity index (χ1v) is 17.6. The standard InChI is InChI=1S/C35H41F2N3O5S/c36-35(37,25-10-7-13-31(20-25)45-30-11-5-2-6-12-30)33(34(41)40-27-14-15-28(40)22-26(38)21-27)39-46(42,43)32-18-16-29(17-19-32)44-23-24-8-3-1-4-9-24/h2,5-7,10-13,16-20,24,26-28,33,39H,1,3-4,8-9,14-15,21-23,38H2/t26?,27?,28?,33-/m0/s1. The van der Waals surface area contributed by atoms with Gasteiger partial charge in [0.25, 0.3) is 5.92 Å². The summed E-state index contributed by atoms with van der Waals surface area (Å²) in [4.78, 5) is 15.3. The summed E-state index contributed by atoms with van der Waals surface area (Å²) in [5, 5.41) is 0. The van der Waals surface area contributed by atoms with Crippen molar-refractivity contribution in [1.82, 2.24) is 9.62 Å². The summed E-state index contributed by atoms with van der Waals surface area (Å²) in [7, 11) is -4.56. The molecule has 3 atom stereocenters. The first-order valence-electron chi connectivity index (χ1n) is 16.1. The lowest BCUT2D eigenvalue weighted by Gasteiger charge is -2.41. The molecule has 3 fully saturated rings. The molecule has 0 spiro atoms. The van der Waals surface area contributed by atoms with Crippen LogP contribution in [0, 0.1) is 5.92 Å². The van der Waals surface area contributed by atoms with Gasteiger partial charge in [-0.2, -0.15) is 13.5 Å². The summed E-state index contributed by atoms with van der Waals surface area (Å²) in [5.41, 5.74) is 5.64. The third-order valence-corrected chi connectivity index (χ3v) is 10.9. The van der Waals surface area contributed by atoms with Crippen molar-refractivity contribution in [2.24, 2.45) is 11.7 Å². The fourth-order valence-corrected chi connectivity index (χ4v) is 8.26. The number of piperidine rings is 1. The zero-order valence-electron chi connectivity index (χ0n) is 25.7. The molecule has 0 aromatic heterocycles. The second-order valence-electron chi connectivity index (χ2n) is 12.8. The Morgan fingerprint density at radius 3 is 2.20 bits per heavy atom. The van der Waals surface area contributed by atoms with Crippen molar-refractivity contribution in [2.45, 2.75) is 92.8 Å². The Balaban J connectivity index is 1.26. The van der Waals surface area contributed by atoms with Crippen molar-refractivity contribution in [3.8, 4) is 17.2 Å². The number of nitrogens with zero attached hydrogens (tertiary/aromatic N) is 1. The normalized spacial score (nSPS) is 22.8. The Kier molecular flexibility index (Phi) is 9.63. The second kappa shape index (κ2) is 13.7. The van der Waals surface area contributed by atoms with Crippen LogP contribution in [0.1, 0.15) is 63.4 Å². The van der Waals surface area contributed by atoms with Crippen molar-refractivity contribution in [3.63, 3.8) is 0 Å². The van der Waals surface area contributed by atoms with E-state index in [4.69, 9.17) is 15.2 Å². The molecule has 46 heavy (non-hydrogen) atoms. The molecule has 2 heterocycles. The van der Waals surface area contributed by atoms with Crippen molar-refractivity contribution in [2.75, 3.05) is 6.61 Å². The van der Waals surface area contributed by atoms with Crippen LogP contribution in [0.3, 0.4) is 0 Å². The Morgan fingerprint density at radius 1 is 0.870 bits per heavy atom. The van der Waals surface area contributed by atoms with Crippen LogP contribution < -0.4 is 19.9 Å². The Hall–Kier alpha value is -3.54. The predicted octanol–water partition coefficient (Wildman–Crippen LogP) is 6.36. The second-order valence-corrected chi connectivity index (χ2v) is 14.5. The predicted molar refractivity (Wildman–Crippen MR) is 170 cm³/mol. The van der Waals surface area contributed by atoms with Gasteiger partial charge in [0.15, 0.2) is 6.04 Å². The van der Waals surface area contributed by atoms with Gasteiger partial charge < -0.3 is 20.1 Å². The van der Waals surface area contributed by atoms with E-state index >= 15 is 8.78 Å². The van der Waals surface area contributed by atoms with Crippen LogP contribution in [-0.4, -0.2) is 50.0 Å². The maximum Gasteiger partial charge on any atom is 0.298 e. The molecule has 6 rings (SSSR count). The fourth-order valence-electron chi connectivity index (χ4n) is 7.07. The van der Waals surface area contributed by atoms with Crippen molar-refractivity contribution >= 4 is 15.9 Å². The monoisotopic (exact) mass is 653 g/mol. The van der Waals surface area contributed by atoms with E-state index in [0.29, 0.717) is 49.7 Å². The van der Waals surface area contributed by atoms with Crippen molar-refractivity contribution < 1.29 is 31.5 Å². The molecule has 2 saturated heterocycles. The van der Waals surface area contributed by atoms with Crippen LogP contribution in [0.25, 0.3) is 0 Å². The van der Waals surface area contributed by atoms with Gasteiger partial charge in [-0.3, -0.25) is 4.79 Å². The molecule has 8 nitrogen and oxygen atoms in total. The number of nitrogens with two attached hydrogens (primary N) is 1. The van der Waals surface area contributed by atoms with Crippen LogP contribution >= 0.6 is 0 Å². The quantitative estimate of drug-likeness (QED) is 0.249. The van der Waals surface area contributed by atoms with Gasteiger partial charge in [0.1, 0.15) is 17.2 Å². The number of benzene rings is 3. The summed E-state index contributed by atoms with van der Waals surface area (Å²) in [6.45, 7) is 0.544. The van der Waals surface area contributed by atoms with Gasteiger partial charge in [0.2, 0.25) is 15.9 Å². The van der Waals surface area contributed by atoms with Crippen molar-refractivity contribution in [1.29, 1.82) is 0 Å². The number of carbonyl (C=O) groups is 1. The molecule has 1 aliphatic carbocycles. The maximum atomic E-state index is 16.6. The molecule has 11 heteroatoms. The van der Waals surface area contributed by atoms with Gasteiger partial charge in [-0.15, -0.1) is 0 Å². The van der Waals surface area contributed by atoms with E-state index in [0.717, 1.165) is 18.9 Å². The number of sulfonamides is 1. The van der Waals surface area contributed by atoms with E-state index in [9.17, 15) is 13.2 Å². The average Bonchev–Trinajstić information content (AvgIpc) is 3.34. The van der Waals surface area contributed by atoms with E-state index < -0.39 is 33.5 Å². The highest BCUT2D eigenvalue weighted by atomic mass is 32.2. The molecule has 0 radical (unpaired) electrons. The van der Waals surface area contributed by atoms with Crippen LogP contribution in [0.15, 0.2) is 83.8 Å². The minimum atomic E-state index is -4.56. The van der Waals surface area contributed by atoms with E-state index in [1.165, 1.54) is 66.6 Å². The van der Waals surface area contributed by atoms with Crippen molar-refractivity contribution in [3.05, 3.63) is 84.4 Å². The van der Waals surface area contributed by atoms with Gasteiger partial charge in [0.05, 0.1) is 11.5 Å². The van der Waals surface area contributed by atoms with Gasteiger partial charge in [-0.05, 0) is 93.0 Å². The molecule has 3 N–H and O–H groups in total. The number of hydrogen-bond acceptors (Lipinski definition) is 6. The molecule has 3 aromatic rings. The minimum Gasteiger partial charge on any atom is -0.493 e. The summed E-state index contributed by atoms with van der Waals surface area (Å²) in [5.74, 6) is -3.35. The van der Waals surface area contributed by atoms with E-state index in [2.05, 4.69) is 4.72 Å². The topological polar surface area (TPSA) is 111 Å². The fraction of sp³-hybridized carbons (Fsp3) is 0.457. The number of carbonyl (C=O) groups excluding carboxylic acids is 1. The van der Waals surface area contributed by atoms with Crippen LogP contribution in [0.4, 0.5) is 8.78 Å². The number of amides is 1. The number of hydrogen-bond donors (Lipinski definition) is 2. The lowest BCUT2D eigenvalue weighted by molar-refractivity contribution is -0.149. The lowest BCUT2D eigenvalue weighted by Crippen LogP contribution is -2.60. The SMILES string of the molecule is NC1CC2CCC(C1)N2C(=O)[C@H](NS(=O)(=O)c1ccc(OCC2CCCCC2)cc1)C(F)(F)c1cccc(Oc2ccccc2)c1. The Morgan fingerprint density at radius 2 is 1.52 bits per heavy atom. The minimum absolute atomic E-state index is 0.130. The maximum absolute atomic E-state index is 16.6. The summed E-state index contributed by atoms with van der Waals surface area (Å²) in [6.07, 6.45) is 8.03. The van der Waals surface area contributed by atoms with Gasteiger partial charge >= 0.3 is 0 Å². The number of nitrogens with one attached hydrogen (secondary N) is 1. The number of ether oxygens (including phenoxy) is 2. The van der Waals surface area contributed by atoms with Crippen LogP contribution in [0.5, 0.6) is 17.2 Å². The highest BCUT2D eigenvalue weighted by molar-refractivity contribution is 7.89. The van der Waals surface area contributed by atoms with E-state index in [-0.39, 0.29) is 28.8 Å². The summed E-state index contributed by atoms with van der Waals surface area (Å²) in [6, 6.07) is 16.4. The molecular formula is C35H41F2N3O5S. The average molecular weight is 654 g/mol. The molecule has 1 saturated carbocycles. The number of rotatable bonds is 11. The molecular weight excluding hydrogens is 612 g/mol. The lowest BCUT2D eigenvalue weighted by atomic mass is 9.90. The molecule has 2 unspecified atom stereocenters. The Labute approximate surface area is 269 Å². The van der Waals surface area contributed by atoms with E-state index in [1.807, 2.05) is 0 Å². The molecule has 2 aliphatic heterocycles. The molecule has 1 amide bonds. The third-order valence-electron chi connectivity index (χ3n) is 9.45. The van der Waals surface area contributed by atoms with Gasteiger partial charge in [-0.25, -0.2) is 8.42 Å². The molecule has 246 valence electrons. The molecule has 2 bridgehead atoms. The zero-order valence-corrected chi connectivity index (χ0v) is 26.5. The zero-order chi connectivity index (χ0) is 32.3. The first kappa shape index (κ1) is 32.4. The smallest absolute Gasteiger partial charge is 0.298 e. The summed E-state index contributed by atoms with van der Waals surface area (Å²) >= 11 is 0. The molecule has 3 aromatic carbocycles.